The van der Waals surface area contributed by atoms with Crippen LogP contribution >= 0.6 is 0 Å². The summed E-state index contributed by atoms with van der Waals surface area (Å²) in [5.74, 6) is -0.496. The quantitative estimate of drug-likeness (QED) is 0.797. The lowest BCUT2D eigenvalue weighted by Gasteiger charge is -2.11. The van der Waals surface area contributed by atoms with Crippen molar-refractivity contribution in [3.63, 3.8) is 0 Å². The fourth-order valence-corrected chi connectivity index (χ4v) is 1.80. The molecule has 0 aliphatic rings. The van der Waals surface area contributed by atoms with Crippen LogP contribution in [-0.2, 0) is 0 Å². The molecule has 1 aromatic carbocycles. The van der Waals surface area contributed by atoms with Crippen LogP contribution in [0.2, 0.25) is 0 Å². The highest BCUT2D eigenvalue weighted by Crippen LogP contribution is 2.18. The normalized spacial score (nSPS) is 11.9. The van der Waals surface area contributed by atoms with Crippen molar-refractivity contribution >= 4 is 11.6 Å². The van der Waals surface area contributed by atoms with Crippen LogP contribution in [0.4, 0.5) is 5.69 Å². The summed E-state index contributed by atoms with van der Waals surface area (Å²) in [5.41, 5.74) is 2.02. The fraction of sp³-hybridized carbons (Fsp3) is 0.200. The molecule has 0 aliphatic carbocycles. The van der Waals surface area contributed by atoms with Gasteiger partial charge in [-0.25, -0.2) is 0 Å². The lowest BCUT2D eigenvalue weighted by molar-refractivity contribution is 0.102. The van der Waals surface area contributed by atoms with Crippen LogP contribution in [-0.4, -0.2) is 23.0 Å². The van der Waals surface area contributed by atoms with E-state index in [1.165, 1.54) is 18.5 Å². The SMILES string of the molecule is CNC(C)c1ccc(NC(=O)c2ccncc2O)cc1. The molecule has 1 amide bonds. The number of hydrogen-bond donors (Lipinski definition) is 3. The van der Waals surface area contributed by atoms with Gasteiger partial charge in [-0.1, -0.05) is 12.1 Å². The molecule has 0 radical (unpaired) electrons. The average molecular weight is 271 g/mol. The molecular weight excluding hydrogens is 254 g/mol. The standard InChI is InChI=1S/C15H17N3O2/c1-10(16-2)11-3-5-12(6-4-11)18-15(20)13-7-8-17-9-14(13)19/h3-10,16,19H,1-2H3,(H,18,20). The Bertz CT molecular complexity index is 596. The monoisotopic (exact) mass is 271 g/mol. The Morgan fingerprint density at radius 3 is 2.55 bits per heavy atom. The van der Waals surface area contributed by atoms with Gasteiger partial charge in [0.05, 0.1) is 11.8 Å². The van der Waals surface area contributed by atoms with Crippen molar-refractivity contribution in [3.05, 3.63) is 53.9 Å². The number of rotatable bonds is 4. The zero-order chi connectivity index (χ0) is 14.5. The summed E-state index contributed by atoms with van der Waals surface area (Å²) in [7, 11) is 1.90. The third-order valence-electron chi connectivity index (χ3n) is 3.15. The van der Waals surface area contributed by atoms with Gasteiger partial charge < -0.3 is 15.7 Å². The summed E-state index contributed by atoms with van der Waals surface area (Å²) in [5, 5.41) is 15.5. The van der Waals surface area contributed by atoms with Gasteiger partial charge in [0, 0.05) is 17.9 Å². The van der Waals surface area contributed by atoms with E-state index in [0.717, 1.165) is 5.56 Å². The third kappa shape index (κ3) is 3.13. The average Bonchev–Trinajstić information content (AvgIpc) is 2.47. The van der Waals surface area contributed by atoms with Gasteiger partial charge >= 0.3 is 0 Å². The first-order valence-electron chi connectivity index (χ1n) is 6.33. The zero-order valence-electron chi connectivity index (χ0n) is 11.4. The number of hydrogen-bond acceptors (Lipinski definition) is 4. The number of pyridine rings is 1. The number of aromatic nitrogens is 1. The summed E-state index contributed by atoms with van der Waals surface area (Å²) < 4.78 is 0. The first-order valence-corrected chi connectivity index (χ1v) is 6.33. The van der Waals surface area contributed by atoms with E-state index in [4.69, 9.17) is 0 Å². The molecule has 1 heterocycles. The molecule has 104 valence electrons. The van der Waals surface area contributed by atoms with Crippen LogP contribution in [0.5, 0.6) is 5.75 Å². The van der Waals surface area contributed by atoms with E-state index in [0.29, 0.717) is 5.69 Å². The van der Waals surface area contributed by atoms with Crippen molar-refractivity contribution in [3.8, 4) is 5.75 Å². The molecule has 0 bridgehead atoms. The Kier molecular flexibility index (Phi) is 4.32. The van der Waals surface area contributed by atoms with Crippen molar-refractivity contribution in [2.24, 2.45) is 0 Å². The maximum atomic E-state index is 12.0. The molecule has 5 heteroatoms. The fourth-order valence-electron chi connectivity index (χ4n) is 1.80. The smallest absolute Gasteiger partial charge is 0.259 e. The number of amides is 1. The van der Waals surface area contributed by atoms with Gasteiger partial charge in [0.25, 0.3) is 5.91 Å². The minimum Gasteiger partial charge on any atom is -0.505 e. The number of benzene rings is 1. The van der Waals surface area contributed by atoms with Crippen LogP contribution in [0.25, 0.3) is 0 Å². The minimum absolute atomic E-state index is 0.134. The van der Waals surface area contributed by atoms with E-state index in [2.05, 4.69) is 22.5 Å². The number of aromatic hydroxyl groups is 1. The minimum atomic E-state index is -0.362. The summed E-state index contributed by atoms with van der Waals surface area (Å²) in [4.78, 5) is 15.7. The third-order valence-corrected chi connectivity index (χ3v) is 3.15. The van der Waals surface area contributed by atoms with E-state index in [1.54, 1.807) is 0 Å². The number of nitrogens with zero attached hydrogens (tertiary/aromatic N) is 1. The second-order valence-corrected chi connectivity index (χ2v) is 4.48. The number of nitrogens with one attached hydrogen (secondary N) is 2. The first kappa shape index (κ1) is 14.0. The van der Waals surface area contributed by atoms with Crippen molar-refractivity contribution in [1.82, 2.24) is 10.3 Å². The van der Waals surface area contributed by atoms with Crippen LogP contribution in [0.15, 0.2) is 42.7 Å². The lowest BCUT2D eigenvalue weighted by atomic mass is 10.1. The van der Waals surface area contributed by atoms with Gasteiger partial charge in [-0.05, 0) is 37.7 Å². The highest BCUT2D eigenvalue weighted by atomic mass is 16.3. The van der Waals surface area contributed by atoms with Crippen molar-refractivity contribution in [2.45, 2.75) is 13.0 Å². The van der Waals surface area contributed by atoms with E-state index < -0.39 is 0 Å². The predicted molar refractivity (Wildman–Crippen MR) is 77.8 cm³/mol. The van der Waals surface area contributed by atoms with Crippen molar-refractivity contribution < 1.29 is 9.90 Å². The summed E-state index contributed by atoms with van der Waals surface area (Å²) >= 11 is 0. The largest absolute Gasteiger partial charge is 0.505 e. The van der Waals surface area contributed by atoms with E-state index in [9.17, 15) is 9.90 Å². The molecule has 0 fully saturated rings. The Balaban J connectivity index is 2.11. The summed E-state index contributed by atoms with van der Waals surface area (Å²) in [6.45, 7) is 2.06. The van der Waals surface area contributed by atoms with Crippen LogP contribution in [0.3, 0.4) is 0 Å². The second-order valence-electron chi connectivity index (χ2n) is 4.48. The number of carbonyl (C=O) groups excluding carboxylic acids is 1. The first-order chi connectivity index (χ1) is 9.61. The maximum absolute atomic E-state index is 12.0. The highest BCUT2D eigenvalue weighted by molar-refractivity contribution is 6.05. The topological polar surface area (TPSA) is 74.2 Å². The Morgan fingerprint density at radius 2 is 1.95 bits per heavy atom. The van der Waals surface area contributed by atoms with E-state index in [-0.39, 0.29) is 23.3 Å². The molecule has 20 heavy (non-hydrogen) atoms. The molecule has 0 aliphatic heterocycles. The number of anilines is 1. The second kappa shape index (κ2) is 6.16. The van der Waals surface area contributed by atoms with Gasteiger partial charge in [0.1, 0.15) is 5.75 Å². The zero-order valence-corrected chi connectivity index (χ0v) is 11.4. The van der Waals surface area contributed by atoms with Gasteiger partial charge in [0.15, 0.2) is 0 Å². The summed E-state index contributed by atoms with van der Waals surface area (Å²) in [6.07, 6.45) is 2.71. The Hall–Kier alpha value is -2.40. The summed E-state index contributed by atoms with van der Waals surface area (Å²) in [6, 6.07) is 9.29. The van der Waals surface area contributed by atoms with Gasteiger partial charge in [-0.3, -0.25) is 9.78 Å². The molecule has 1 atom stereocenters. The van der Waals surface area contributed by atoms with E-state index in [1.807, 2.05) is 31.3 Å². The molecule has 2 aromatic rings. The molecular formula is C15H17N3O2. The Labute approximate surface area is 117 Å². The molecule has 5 nitrogen and oxygen atoms in total. The van der Waals surface area contributed by atoms with Crippen LogP contribution in [0, 0.1) is 0 Å². The molecule has 0 saturated heterocycles. The maximum Gasteiger partial charge on any atom is 0.259 e. The molecule has 2 rings (SSSR count). The van der Waals surface area contributed by atoms with Crippen molar-refractivity contribution in [1.29, 1.82) is 0 Å². The van der Waals surface area contributed by atoms with Crippen molar-refractivity contribution in [2.75, 3.05) is 12.4 Å². The molecule has 1 aromatic heterocycles. The van der Waals surface area contributed by atoms with Crippen LogP contribution < -0.4 is 10.6 Å². The highest BCUT2D eigenvalue weighted by Gasteiger charge is 2.11. The van der Waals surface area contributed by atoms with Gasteiger partial charge in [-0.2, -0.15) is 0 Å². The number of carbonyl (C=O) groups is 1. The molecule has 0 saturated carbocycles. The molecule has 3 N–H and O–H groups in total. The van der Waals surface area contributed by atoms with Gasteiger partial charge in [0.2, 0.25) is 0 Å². The lowest BCUT2D eigenvalue weighted by Crippen LogP contribution is -2.14. The molecule has 1 unspecified atom stereocenters. The Morgan fingerprint density at radius 1 is 1.25 bits per heavy atom. The van der Waals surface area contributed by atoms with Crippen LogP contribution in [0.1, 0.15) is 28.9 Å². The molecule has 0 spiro atoms. The van der Waals surface area contributed by atoms with E-state index >= 15 is 0 Å². The predicted octanol–water partition coefficient (Wildman–Crippen LogP) is 2.32. The van der Waals surface area contributed by atoms with Gasteiger partial charge in [-0.15, -0.1) is 0 Å².